The van der Waals surface area contributed by atoms with Gasteiger partial charge >= 0.3 is 12.1 Å². The second-order valence-corrected chi connectivity index (χ2v) is 9.05. The highest BCUT2D eigenvalue weighted by Gasteiger charge is 2.43. The second-order valence-electron chi connectivity index (χ2n) is 9.05. The van der Waals surface area contributed by atoms with Crippen LogP contribution in [0.2, 0.25) is 0 Å². The first kappa shape index (κ1) is 27.5. The van der Waals surface area contributed by atoms with Gasteiger partial charge in [-0.3, -0.25) is 9.59 Å². The van der Waals surface area contributed by atoms with Crippen LogP contribution in [0.4, 0.5) is 4.79 Å². The summed E-state index contributed by atoms with van der Waals surface area (Å²) in [6.45, 7) is 10.9. The van der Waals surface area contributed by atoms with E-state index in [9.17, 15) is 19.2 Å². The largest absolute Gasteiger partial charge is 0.464 e. The fourth-order valence-electron chi connectivity index (χ4n) is 3.38. The highest BCUT2D eigenvalue weighted by molar-refractivity contribution is 5.94. The molecular formula is C23H39N3O6. The van der Waals surface area contributed by atoms with Gasteiger partial charge in [-0.15, -0.1) is 0 Å². The molecular weight excluding hydrogens is 414 g/mol. The van der Waals surface area contributed by atoms with Crippen molar-refractivity contribution in [2.75, 3.05) is 19.7 Å². The summed E-state index contributed by atoms with van der Waals surface area (Å²) in [6, 6.07) is -0.820. The predicted molar refractivity (Wildman–Crippen MR) is 121 cm³/mol. The monoisotopic (exact) mass is 453 g/mol. The first-order valence-electron chi connectivity index (χ1n) is 11.3. The Labute approximate surface area is 191 Å². The van der Waals surface area contributed by atoms with Gasteiger partial charge < -0.3 is 25.0 Å². The molecule has 2 unspecified atom stereocenters. The average molecular weight is 454 g/mol. The topological polar surface area (TPSA) is 114 Å². The Morgan fingerprint density at radius 1 is 1.25 bits per heavy atom. The number of allylic oxidation sites excluding steroid dienone is 1. The van der Waals surface area contributed by atoms with E-state index < -0.39 is 41.1 Å². The van der Waals surface area contributed by atoms with E-state index in [1.807, 2.05) is 19.1 Å². The number of ether oxygens (including phenoxy) is 2. The molecule has 1 rings (SSSR count). The van der Waals surface area contributed by atoms with Crippen LogP contribution in [-0.4, -0.2) is 65.7 Å². The first-order valence-corrected chi connectivity index (χ1v) is 11.3. The molecule has 9 nitrogen and oxygen atoms in total. The Balaban J connectivity index is 3.07. The number of alkyl carbamates (subject to hydrolysis) is 1. The molecule has 9 heteroatoms. The lowest BCUT2D eigenvalue weighted by Gasteiger charge is -2.40. The molecule has 0 bridgehead atoms. The van der Waals surface area contributed by atoms with Crippen LogP contribution < -0.4 is 10.6 Å². The number of esters is 1. The summed E-state index contributed by atoms with van der Waals surface area (Å²) in [4.78, 5) is 52.3. The number of rotatable bonds is 8. The minimum atomic E-state index is -1.19. The molecule has 0 fully saturated rings. The quantitative estimate of drug-likeness (QED) is 0.431. The summed E-state index contributed by atoms with van der Waals surface area (Å²) in [6.07, 6.45) is 5.84. The van der Waals surface area contributed by atoms with Crippen molar-refractivity contribution in [3.8, 4) is 0 Å². The van der Waals surface area contributed by atoms with Crippen molar-refractivity contribution in [3.63, 3.8) is 0 Å². The van der Waals surface area contributed by atoms with E-state index >= 15 is 0 Å². The lowest BCUT2D eigenvalue weighted by atomic mass is 9.91. The van der Waals surface area contributed by atoms with E-state index in [0.29, 0.717) is 32.2 Å². The molecule has 182 valence electrons. The first-order chi connectivity index (χ1) is 14.9. The highest BCUT2D eigenvalue weighted by Crippen LogP contribution is 2.25. The van der Waals surface area contributed by atoms with Gasteiger partial charge in [-0.2, -0.15) is 0 Å². The van der Waals surface area contributed by atoms with Crippen molar-refractivity contribution in [3.05, 3.63) is 12.2 Å². The van der Waals surface area contributed by atoms with Gasteiger partial charge in [-0.25, -0.2) is 9.59 Å². The third-order valence-corrected chi connectivity index (χ3v) is 5.12. The van der Waals surface area contributed by atoms with Crippen LogP contribution in [-0.2, 0) is 23.9 Å². The van der Waals surface area contributed by atoms with E-state index in [-0.39, 0.29) is 13.2 Å². The van der Waals surface area contributed by atoms with Crippen LogP contribution in [0.3, 0.4) is 0 Å². The number of nitrogens with zero attached hydrogens (tertiary/aromatic N) is 1. The summed E-state index contributed by atoms with van der Waals surface area (Å²) < 4.78 is 10.3. The Morgan fingerprint density at radius 3 is 2.53 bits per heavy atom. The van der Waals surface area contributed by atoms with E-state index in [2.05, 4.69) is 10.6 Å². The number of hydrogen-bond acceptors (Lipinski definition) is 6. The minimum Gasteiger partial charge on any atom is -0.464 e. The molecule has 0 aromatic heterocycles. The van der Waals surface area contributed by atoms with Gasteiger partial charge in [0.05, 0.1) is 6.61 Å². The van der Waals surface area contributed by atoms with Gasteiger partial charge in [-0.1, -0.05) is 25.5 Å². The molecule has 0 aromatic rings. The van der Waals surface area contributed by atoms with Gasteiger partial charge in [0.15, 0.2) is 0 Å². The van der Waals surface area contributed by atoms with Crippen molar-refractivity contribution in [1.82, 2.24) is 15.5 Å². The average Bonchev–Trinajstić information content (AvgIpc) is 2.76. The fourth-order valence-corrected chi connectivity index (χ4v) is 3.38. The van der Waals surface area contributed by atoms with Crippen LogP contribution in [0, 0.1) is 0 Å². The normalized spacial score (nSPS) is 22.4. The molecule has 0 aliphatic carbocycles. The third-order valence-electron chi connectivity index (χ3n) is 5.12. The molecule has 0 spiro atoms. The predicted octanol–water partition coefficient (Wildman–Crippen LogP) is 2.69. The molecule has 0 radical (unpaired) electrons. The lowest BCUT2D eigenvalue weighted by Crippen LogP contribution is -2.62. The number of amides is 3. The van der Waals surface area contributed by atoms with Gasteiger partial charge in [0.1, 0.15) is 23.7 Å². The molecule has 2 atom stereocenters. The number of carbonyl (C=O) groups is 4. The zero-order valence-electron chi connectivity index (χ0n) is 20.3. The SMILES string of the molecule is CCCCN(C(=O)CNC(=O)OC(C)(C)C)C1(C)CC/C=C\CC(C(=O)OCC)NC1=O. The van der Waals surface area contributed by atoms with Crippen molar-refractivity contribution >= 4 is 23.9 Å². The lowest BCUT2D eigenvalue weighted by molar-refractivity contribution is -0.151. The number of nitrogens with one attached hydrogen (secondary N) is 2. The third kappa shape index (κ3) is 8.51. The van der Waals surface area contributed by atoms with E-state index in [0.717, 1.165) is 6.42 Å². The maximum Gasteiger partial charge on any atom is 0.408 e. The molecule has 0 saturated heterocycles. The molecule has 0 saturated carbocycles. The van der Waals surface area contributed by atoms with E-state index in [1.165, 1.54) is 4.90 Å². The number of carbonyl (C=O) groups excluding carboxylic acids is 4. The van der Waals surface area contributed by atoms with E-state index in [4.69, 9.17) is 9.47 Å². The zero-order chi connectivity index (χ0) is 24.4. The van der Waals surface area contributed by atoms with Gasteiger partial charge in [0, 0.05) is 6.54 Å². The molecule has 3 amide bonds. The molecule has 0 aromatic carbocycles. The number of hydrogen-bond donors (Lipinski definition) is 2. The molecule has 2 N–H and O–H groups in total. The van der Waals surface area contributed by atoms with Crippen molar-refractivity contribution in [2.24, 2.45) is 0 Å². The molecule has 32 heavy (non-hydrogen) atoms. The van der Waals surface area contributed by atoms with E-state index in [1.54, 1.807) is 34.6 Å². The fraction of sp³-hybridized carbons (Fsp3) is 0.739. The van der Waals surface area contributed by atoms with Crippen LogP contribution >= 0.6 is 0 Å². The zero-order valence-corrected chi connectivity index (χ0v) is 20.3. The Bertz CT molecular complexity index is 700. The van der Waals surface area contributed by atoms with Crippen LogP contribution in [0.15, 0.2) is 12.2 Å². The van der Waals surface area contributed by atoms with Crippen LogP contribution in [0.1, 0.15) is 73.6 Å². The van der Waals surface area contributed by atoms with Crippen molar-refractivity contribution in [2.45, 2.75) is 90.8 Å². The van der Waals surface area contributed by atoms with Crippen molar-refractivity contribution < 1.29 is 28.7 Å². The van der Waals surface area contributed by atoms with Gasteiger partial charge in [-0.05, 0) is 60.3 Å². The van der Waals surface area contributed by atoms with Crippen LogP contribution in [0.5, 0.6) is 0 Å². The summed E-state index contributed by atoms with van der Waals surface area (Å²) in [7, 11) is 0. The second kappa shape index (κ2) is 12.5. The standard InChI is InChI=1S/C23H39N3O6/c1-7-9-15-26(18(27)16-24-21(30)32-22(3,4)5)23(6)14-12-10-11-13-17(25-20(23)29)19(28)31-8-2/h10-11,17H,7-9,12-16H2,1-6H3,(H,24,30)(H,25,29)/b11-10-. The Hall–Kier alpha value is -2.58. The molecule has 1 heterocycles. The number of unbranched alkanes of at least 4 members (excludes halogenated alkanes) is 1. The summed E-state index contributed by atoms with van der Waals surface area (Å²) in [5.41, 5.74) is -1.88. The maximum atomic E-state index is 13.3. The molecule has 1 aliphatic rings. The molecule has 1 aliphatic heterocycles. The summed E-state index contributed by atoms with van der Waals surface area (Å²) in [5, 5.41) is 5.25. The minimum absolute atomic E-state index is 0.212. The highest BCUT2D eigenvalue weighted by atomic mass is 16.6. The Kier molecular flexibility index (Phi) is 10.7. The summed E-state index contributed by atoms with van der Waals surface area (Å²) in [5.74, 6) is -1.31. The Morgan fingerprint density at radius 2 is 1.94 bits per heavy atom. The van der Waals surface area contributed by atoms with Gasteiger partial charge in [0.2, 0.25) is 11.8 Å². The van der Waals surface area contributed by atoms with Crippen LogP contribution in [0.25, 0.3) is 0 Å². The summed E-state index contributed by atoms with van der Waals surface area (Å²) >= 11 is 0. The smallest absolute Gasteiger partial charge is 0.408 e. The van der Waals surface area contributed by atoms with Crippen molar-refractivity contribution in [1.29, 1.82) is 0 Å². The van der Waals surface area contributed by atoms with Gasteiger partial charge in [0.25, 0.3) is 0 Å². The maximum absolute atomic E-state index is 13.3.